The van der Waals surface area contributed by atoms with Gasteiger partial charge in [0, 0.05) is 32.1 Å². The van der Waals surface area contributed by atoms with E-state index in [-0.39, 0.29) is 0 Å². The SMILES string of the molecule is COCC(O)CNCc1cnc(C)[nH]1. The Kier molecular flexibility index (Phi) is 4.58. The lowest BCUT2D eigenvalue weighted by Gasteiger charge is -2.09. The fraction of sp³-hybridized carbons (Fsp3) is 0.667. The Morgan fingerprint density at radius 2 is 2.50 bits per heavy atom. The molecule has 1 atom stereocenters. The van der Waals surface area contributed by atoms with E-state index in [1.54, 1.807) is 13.3 Å². The highest BCUT2D eigenvalue weighted by molar-refractivity contribution is 4.99. The first kappa shape index (κ1) is 11.2. The molecule has 0 saturated carbocycles. The Labute approximate surface area is 83.5 Å². The first-order chi connectivity index (χ1) is 6.72. The van der Waals surface area contributed by atoms with Gasteiger partial charge in [0.25, 0.3) is 0 Å². The summed E-state index contributed by atoms with van der Waals surface area (Å²) in [4.78, 5) is 7.16. The minimum atomic E-state index is -0.455. The molecule has 0 aliphatic heterocycles. The number of methoxy groups -OCH3 is 1. The smallest absolute Gasteiger partial charge is 0.103 e. The molecule has 0 radical (unpaired) electrons. The molecular weight excluding hydrogens is 182 g/mol. The van der Waals surface area contributed by atoms with Crippen molar-refractivity contribution < 1.29 is 9.84 Å². The third kappa shape index (κ3) is 3.87. The van der Waals surface area contributed by atoms with Crippen LogP contribution in [-0.4, -0.2) is 41.4 Å². The van der Waals surface area contributed by atoms with Crippen LogP contribution in [0.15, 0.2) is 6.20 Å². The average molecular weight is 199 g/mol. The van der Waals surface area contributed by atoms with E-state index in [1.165, 1.54) is 0 Å². The quantitative estimate of drug-likeness (QED) is 0.594. The molecule has 5 nitrogen and oxygen atoms in total. The second kappa shape index (κ2) is 5.74. The molecule has 0 aromatic carbocycles. The Morgan fingerprint density at radius 3 is 3.07 bits per heavy atom. The summed E-state index contributed by atoms with van der Waals surface area (Å²) in [5.74, 6) is 0.902. The minimum absolute atomic E-state index is 0.356. The van der Waals surface area contributed by atoms with Crippen LogP contribution >= 0.6 is 0 Å². The van der Waals surface area contributed by atoms with E-state index < -0.39 is 6.10 Å². The summed E-state index contributed by atoms with van der Waals surface area (Å²) in [5, 5.41) is 12.4. The largest absolute Gasteiger partial charge is 0.389 e. The van der Waals surface area contributed by atoms with E-state index in [0.717, 1.165) is 11.5 Å². The molecule has 0 fully saturated rings. The van der Waals surface area contributed by atoms with Gasteiger partial charge >= 0.3 is 0 Å². The molecule has 0 aliphatic rings. The van der Waals surface area contributed by atoms with E-state index in [0.29, 0.717) is 19.7 Å². The van der Waals surface area contributed by atoms with Crippen molar-refractivity contribution in [3.8, 4) is 0 Å². The second-order valence-electron chi connectivity index (χ2n) is 3.23. The van der Waals surface area contributed by atoms with Crippen molar-refractivity contribution in [3.63, 3.8) is 0 Å². The highest BCUT2D eigenvalue weighted by Gasteiger charge is 2.02. The summed E-state index contributed by atoms with van der Waals surface area (Å²) in [7, 11) is 1.57. The number of aromatic amines is 1. The van der Waals surface area contributed by atoms with Gasteiger partial charge in [-0.2, -0.15) is 0 Å². The van der Waals surface area contributed by atoms with Gasteiger partial charge in [0.1, 0.15) is 5.82 Å². The molecule has 14 heavy (non-hydrogen) atoms. The van der Waals surface area contributed by atoms with Crippen molar-refractivity contribution in [2.24, 2.45) is 0 Å². The number of aryl methyl sites for hydroxylation is 1. The van der Waals surface area contributed by atoms with Crippen molar-refractivity contribution in [1.82, 2.24) is 15.3 Å². The van der Waals surface area contributed by atoms with Crippen LogP contribution in [0.5, 0.6) is 0 Å². The Bertz CT molecular complexity index is 262. The molecular formula is C9H17N3O2. The number of nitrogens with one attached hydrogen (secondary N) is 2. The number of aliphatic hydroxyl groups is 1. The maximum absolute atomic E-state index is 9.32. The van der Waals surface area contributed by atoms with Crippen LogP contribution in [0.2, 0.25) is 0 Å². The van der Waals surface area contributed by atoms with Crippen molar-refractivity contribution in [1.29, 1.82) is 0 Å². The van der Waals surface area contributed by atoms with E-state index in [1.807, 2.05) is 6.92 Å². The van der Waals surface area contributed by atoms with Crippen LogP contribution in [0.3, 0.4) is 0 Å². The van der Waals surface area contributed by atoms with Crippen LogP contribution < -0.4 is 5.32 Å². The molecule has 5 heteroatoms. The van der Waals surface area contributed by atoms with Crippen molar-refractivity contribution >= 4 is 0 Å². The van der Waals surface area contributed by atoms with Gasteiger partial charge in [-0.15, -0.1) is 0 Å². The van der Waals surface area contributed by atoms with E-state index >= 15 is 0 Å². The summed E-state index contributed by atoms with van der Waals surface area (Å²) in [6.07, 6.45) is 1.33. The summed E-state index contributed by atoms with van der Waals surface area (Å²) < 4.78 is 4.80. The lowest BCUT2D eigenvalue weighted by molar-refractivity contribution is 0.0643. The van der Waals surface area contributed by atoms with Crippen molar-refractivity contribution in [2.45, 2.75) is 19.6 Å². The number of ether oxygens (including phenoxy) is 1. The van der Waals surface area contributed by atoms with Crippen molar-refractivity contribution in [2.75, 3.05) is 20.3 Å². The topological polar surface area (TPSA) is 70.2 Å². The molecule has 1 unspecified atom stereocenters. The van der Waals surface area contributed by atoms with Crippen LogP contribution in [0.1, 0.15) is 11.5 Å². The van der Waals surface area contributed by atoms with Crippen LogP contribution in [0.4, 0.5) is 0 Å². The average Bonchev–Trinajstić information content (AvgIpc) is 2.52. The normalized spacial score (nSPS) is 13.1. The molecule has 0 aliphatic carbocycles. The second-order valence-corrected chi connectivity index (χ2v) is 3.23. The molecule has 0 amide bonds. The number of aromatic nitrogens is 2. The Balaban J connectivity index is 2.15. The number of aliphatic hydroxyl groups excluding tert-OH is 1. The number of hydrogen-bond acceptors (Lipinski definition) is 4. The fourth-order valence-electron chi connectivity index (χ4n) is 1.19. The summed E-state index contributed by atoms with van der Waals surface area (Å²) in [5.41, 5.74) is 1.02. The molecule has 3 N–H and O–H groups in total. The minimum Gasteiger partial charge on any atom is -0.389 e. The lowest BCUT2D eigenvalue weighted by atomic mass is 10.3. The zero-order valence-corrected chi connectivity index (χ0v) is 8.58. The van der Waals surface area contributed by atoms with Gasteiger partial charge in [-0.25, -0.2) is 4.98 Å². The first-order valence-corrected chi connectivity index (χ1v) is 4.60. The monoisotopic (exact) mass is 199 g/mol. The Morgan fingerprint density at radius 1 is 1.71 bits per heavy atom. The summed E-state index contributed by atoms with van der Waals surface area (Å²) in [6.45, 7) is 3.46. The van der Waals surface area contributed by atoms with Crippen LogP contribution in [0.25, 0.3) is 0 Å². The number of imidazole rings is 1. The first-order valence-electron chi connectivity index (χ1n) is 4.60. The Hall–Kier alpha value is -0.910. The number of hydrogen-bond donors (Lipinski definition) is 3. The zero-order valence-electron chi connectivity index (χ0n) is 8.58. The highest BCUT2D eigenvalue weighted by atomic mass is 16.5. The third-order valence-corrected chi connectivity index (χ3v) is 1.81. The van der Waals surface area contributed by atoms with Gasteiger partial charge in [0.15, 0.2) is 0 Å². The van der Waals surface area contributed by atoms with E-state index in [2.05, 4.69) is 15.3 Å². The van der Waals surface area contributed by atoms with Gasteiger partial charge in [0.05, 0.1) is 12.7 Å². The maximum atomic E-state index is 9.32. The van der Waals surface area contributed by atoms with Gasteiger partial charge in [-0.1, -0.05) is 0 Å². The molecule has 0 bridgehead atoms. The lowest BCUT2D eigenvalue weighted by Crippen LogP contribution is -2.29. The summed E-state index contributed by atoms with van der Waals surface area (Å²) >= 11 is 0. The molecule has 80 valence electrons. The fourth-order valence-corrected chi connectivity index (χ4v) is 1.19. The standard InChI is InChI=1S/C9H17N3O2/c1-7-11-4-8(12-7)3-10-5-9(13)6-14-2/h4,9-10,13H,3,5-6H2,1-2H3,(H,11,12). The third-order valence-electron chi connectivity index (χ3n) is 1.81. The van der Waals surface area contributed by atoms with Gasteiger partial charge in [0.2, 0.25) is 0 Å². The van der Waals surface area contributed by atoms with E-state index in [4.69, 9.17) is 4.74 Å². The van der Waals surface area contributed by atoms with Crippen molar-refractivity contribution in [3.05, 3.63) is 17.7 Å². The van der Waals surface area contributed by atoms with Gasteiger partial charge in [-0.3, -0.25) is 0 Å². The van der Waals surface area contributed by atoms with Crippen LogP contribution in [-0.2, 0) is 11.3 Å². The number of nitrogens with zero attached hydrogens (tertiary/aromatic N) is 1. The molecule has 1 heterocycles. The van der Waals surface area contributed by atoms with Gasteiger partial charge < -0.3 is 20.1 Å². The predicted octanol–water partition coefficient (Wildman–Crippen LogP) is -0.185. The molecule has 0 saturated heterocycles. The summed E-state index contributed by atoms with van der Waals surface area (Å²) in [6, 6.07) is 0. The van der Waals surface area contributed by atoms with E-state index in [9.17, 15) is 5.11 Å². The predicted molar refractivity (Wildman–Crippen MR) is 52.9 cm³/mol. The maximum Gasteiger partial charge on any atom is 0.103 e. The molecule has 1 aromatic heterocycles. The highest BCUT2D eigenvalue weighted by Crippen LogP contribution is 1.94. The molecule has 0 spiro atoms. The van der Waals surface area contributed by atoms with Crippen LogP contribution in [0, 0.1) is 6.92 Å². The molecule has 1 aromatic rings. The number of H-pyrrole nitrogens is 1. The van der Waals surface area contributed by atoms with Gasteiger partial charge in [-0.05, 0) is 6.92 Å². The molecule has 1 rings (SSSR count). The number of rotatable bonds is 6. The zero-order chi connectivity index (χ0) is 10.4.